The van der Waals surface area contributed by atoms with Gasteiger partial charge in [-0.1, -0.05) is 6.92 Å². The number of rotatable bonds is 5. The summed E-state index contributed by atoms with van der Waals surface area (Å²) in [5.41, 5.74) is -0.480. The molecule has 16 heavy (non-hydrogen) atoms. The Kier molecular flexibility index (Phi) is 6.08. The summed E-state index contributed by atoms with van der Waals surface area (Å²) in [5.74, 6) is -0.141. The third-order valence-electron chi connectivity index (χ3n) is 2.16. The normalized spacial score (nSPS) is 11.1. The van der Waals surface area contributed by atoms with Crippen LogP contribution in [0, 0.1) is 5.41 Å². The van der Waals surface area contributed by atoms with Crippen molar-refractivity contribution in [3.8, 4) is 0 Å². The van der Waals surface area contributed by atoms with Gasteiger partial charge in [-0.2, -0.15) is 0 Å². The number of amides is 1. The summed E-state index contributed by atoms with van der Waals surface area (Å²) in [4.78, 5) is 24.4. The second kappa shape index (κ2) is 6.51. The van der Waals surface area contributed by atoms with E-state index in [4.69, 9.17) is 4.74 Å². The van der Waals surface area contributed by atoms with Crippen LogP contribution in [0.2, 0.25) is 0 Å². The Balaban J connectivity index is 3.82. The maximum atomic E-state index is 11.4. The third kappa shape index (κ3) is 5.73. The Hall–Kier alpha value is -1.06. The van der Waals surface area contributed by atoms with E-state index in [2.05, 4.69) is 0 Å². The summed E-state index contributed by atoms with van der Waals surface area (Å²) in [5, 5.41) is 0. The minimum absolute atomic E-state index is 0.0920. The second-order valence-electron chi connectivity index (χ2n) is 4.95. The molecular weight excluding hydrogens is 206 g/mol. The molecule has 0 aromatic rings. The van der Waals surface area contributed by atoms with Gasteiger partial charge in [-0.15, -0.1) is 0 Å². The zero-order valence-electron chi connectivity index (χ0n) is 11.0. The molecule has 0 saturated carbocycles. The van der Waals surface area contributed by atoms with Crippen LogP contribution in [0.25, 0.3) is 0 Å². The van der Waals surface area contributed by atoms with Gasteiger partial charge in [-0.3, -0.25) is 9.59 Å². The van der Waals surface area contributed by atoms with Gasteiger partial charge in [-0.05, 0) is 27.2 Å². The monoisotopic (exact) mass is 229 g/mol. The highest BCUT2D eigenvalue weighted by molar-refractivity contribution is 5.76. The lowest BCUT2D eigenvalue weighted by atomic mass is 9.97. The van der Waals surface area contributed by atoms with E-state index >= 15 is 0 Å². The van der Waals surface area contributed by atoms with Crippen molar-refractivity contribution in [1.82, 2.24) is 4.90 Å². The molecule has 0 aliphatic carbocycles. The van der Waals surface area contributed by atoms with Gasteiger partial charge < -0.3 is 9.64 Å². The smallest absolute Gasteiger partial charge is 0.311 e. The Morgan fingerprint density at radius 1 is 1.25 bits per heavy atom. The zero-order valence-corrected chi connectivity index (χ0v) is 11.0. The number of carbonyl (C=O) groups excluding carboxylic acids is 2. The number of hydrogen-bond acceptors (Lipinski definition) is 3. The number of likely N-dealkylation sites (N-methyl/N-ethyl adjacent to an activating group) is 1. The van der Waals surface area contributed by atoms with E-state index in [1.165, 1.54) is 0 Å². The predicted molar refractivity (Wildman–Crippen MR) is 63.0 cm³/mol. The molecule has 0 rings (SSSR count). The molecule has 0 spiro atoms. The van der Waals surface area contributed by atoms with Crippen LogP contribution in [0.3, 0.4) is 0 Å². The molecule has 4 nitrogen and oxygen atoms in total. The van der Waals surface area contributed by atoms with E-state index in [-0.39, 0.29) is 18.5 Å². The highest BCUT2D eigenvalue weighted by atomic mass is 16.5. The first-order valence-corrected chi connectivity index (χ1v) is 5.70. The average molecular weight is 229 g/mol. The molecule has 0 atom stereocenters. The van der Waals surface area contributed by atoms with Crippen LogP contribution >= 0.6 is 0 Å². The van der Waals surface area contributed by atoms with Crippen molar-refractivity contribution in [3.63, 3.8) is 0 Å². The maximum absolute atomic E-state index is 11.4. The summed E-state index contributed by atoms with van der Waals surface area (Å²) in [6, 6.07) is 0. The number of carbonyl (C=O) groups is 2. The Morgan fingerprint density at radius 3 is 2.25 bits per heavy atom. The Bertz CT molecular complexity index is 243. The number of hydrogen-bond donors (Lipinski definition) is 0. The van der Waals surface area contributed by atoms with E-state index in [1.807, 2.05) is 6.92 Å². The first-order valence-electron chi connectivity index (χ1n) is 5.70. The molecule has 0 aromatic heterocycles. The molecule has 0 fully saturated rings. The Labute approximate surface area is 98.0 Å². The van der Waals surface area contributed by atoms with Gasteiger partial charge in [0.05, 0.1) is 12.0 Å². The zero-order chi connectivity index (χ0) is 12.8. The first-order chi connectivity index (χ1) is 7.29. The van der Waals surface area contributed by atoms with Gasteiger partial charge in [0.2, 0.25) is 5.91 Å². The van der Waals surface area contributed by atoms with Crippen LogP contribution in [-0.4, -0.2) is 37.0 Å². The fourth-order valence-electron chi connectivity index (χ4n) is 1.02. The van der Waals surface area contributed by atoms with Crippen LogP contribution in [-0.2, 0) is 14.3 Å². The Morgan fingerprint density at radius 2 is 1.81 bits per heavy atom. The molecule has 0 aliphatic rings. The van der Waals surface area contributed by atoms with E-state index < -0.39 is 5.41 Å². The highest BCUT2D eigenvalue weighted by Crippen LogP contribution is 2.14. The summed E-state index contributed by atoms with van der Waals surface area (Å²) in [7, 11) is 1.73. The highest BCUT2D eigenvalue weighted by Gasteiger charge is 2.22. The van der Waals surface area contributed by atoms with Crippen molar-refractivity contribution >= 4 is 11.9 Å². The largest absolute Gasteiger partial charge is 0.463 e. The lowest BCUT2D eigenvalue weighted by Crippen LogP contribution is -2.32. The summed E-state index contributed by atoms with van der Waals surface area (Å²) in [6.07, 6.45) is 1.38. The van der Waals surface area contributed by atoms with Crippen LogP contribution in [0.4, 0.5) is 0 Å². The molecule has 4 heteroatoms. The second-order valence-corrected chi connectivity index (χ2v) is 4.95. The van der Waals surface area contributed by atoms with Crippen molar-refractivity contribution < 1.29 is 14.3 Å². The van der Waals surface area contributed by atoms with Crippen LogP contribution in [0.5, 0.6) is 0 Å². The van der Waals surface area contributed by atoms with Crippen molar-refractivity contribution in [2.24, 2.45) is 5.41 Å². The molecule has 1 amide bonds. The average Bonchev–Trinajstić information content (AvgIpc) is 2.16. The quantitative estimate of drug-likeness (QED) is 0.676. The molecule has 0 bridgehead atoms. The van der Waals surface area contributed by atoms with Gasteiger partial charge >= 0.3 is 5.97 Å². The van der Waals surface area contributed by atoms with Gasteiger partial charge in [0.25, 0.3) is 0 Å². The molecule has 0 saturated heterocycles. The minimum atomic E-state index is -0.480. The fraction of sp³-hybridized carbons (Fsp3) is 0.833. The lowest BCUT2D eigenvalue weighted by molar-refractivity contribution is -0.154. The minimum Gasteiger partial charge on any atom is -0.463 e. The molecule has 0 heterocycles. The van der Waals surface area contributed by atoms with Crippen molar-refractivity contribution in [1.29, 1.82) is 0 Å². The molecule has 94 valence electrons. The van der Waals surface area contributed by atoms with Crippen LogP contribution < -0.4 is 0 Å². The van der Waals surface area contributed by atoms with Gasteiger partial charge in [0.1, 0.15) is 6.61 Å². The maximum Gasteiger partial charge on any atom is 0.311 e. The van der Waals surface area contributed by atoms with Gasteiger partial charge in [0.15, 0.2) is 0 Å². The molecule has 0 radical (unpaired) electrons. The first kappa shape index (κ1) is 14.9. The standard InChI is InChI=1S/C12H23NO3/c1-6-7-10(14)13(5)8-9-16-11(15)12(2,3)4/h6-9H2,1-5H3. The SMILES string of the molecule is CCCC(=O)N(C)CCOC(=O)C(C)(C)C. The predicted octanol–water partition coefficient (Wildman–Crippen LogP) is 1.83. The van der Waals surface area contributed by atoms with Crippen LogP contribution in [0.1, 0.15) is 40.5 Å². The fourth-order valence-corrected chi connectivity index (χ4v) is 1.02. The molecule has 0 aliphatic heterocycles. The summed E-state index contributed by atoms with van der Waals surface area (Å²) >= 11 is 0. The molecule has 0 N–H and O–H groups in total. The third-order valence-corrected chi connectivity index (χ3v) is 2.16. The van der Waals surface area contributed by atoms with E-state index in [1.54, 1.807) is 32.7 Å². The molecular formula is C12H23NO3. The number of esters is 1. The molecule has 0 aromatic carbocycles. The van der Waals surface area contributed by atoms with Crippen LogP contribution in [0.15, 0.2) is 0 Å². The summed E-state index contributed by atoms with van der Waals surface area (Å²) < 4.78 is 5.07. The molecule has 0 unspecified atom stereocenters. The van der Waals surface area contributed by atoms with E-state index in [9.17, 15) is 9.59 Å². The van der Waals surface area contributed by atoms with Crippen molar-refractivity contribution in [2.45, 2.75) is 40.5 Å². The number of ether oxygens (including phenoxy) is 1. The number of nitrogens with zero attached hydrogens (tertiary/aromatic N) is 1. The van der Waals surface area contributed by atoms with Crippen molar-refractivity contribution in [2.75, 3.05) is 20.2 Å². The van der Waals surface area contributed by atoms with E-state index in [0.717, 1.165) is 6.42 Å². The topological polar surface area (TPSA) is 46.6 Å². The van der Waals surface area contributed by atoms with E-state index in [0.29, 0.717) is 13.0 Å². The lowest BCUT2D eigenvalue weighted by Gasteiger charge is -2.20. The van der Waals surface area contributed by atoms with Gasteiger partial charge in [-0.25, -0.2) is 0 Å². The van der Waals surface area contributed by atoms with Gasteiger partial charge in [0, 0.05) is 13.5 Å². The van der Waals surface area contributed by atoms with Crippen molar-refractivity contribution in [3.05, 3.63) is 0 Å². The summed E-state index contributed by atoms with van der Waals surface area (Å²) in [6.45, 7) is 8.11.